The van der Waals surface area contributed by atoms with Crippen molar-refractivity contribution in [3.05, 3.63) is 64.0 Å². The van der Waals surface area contributed by atoms with E-state index in [-0.39, 0.29) is 17.6 Å². The quantitative estimate of drug-likeness (QED) is 0.710. The van der Waals surface area contributed by atoms with Crippen LogP contribution in [0.25, 0.3) is 5.65 Å². The number of hydrogen-bond donors (Lipinski definition) is 0. The third-order valence-corrected chi connectivity index (χ3v) is 5.12. The second-order valence-corrected chi connectivity index (χ2v) is 6.98. The SMILES string of the molecule is Cc1nc2ccccn2c1C(=O)N1CCC(Oc2cc(C)n(C)c(=O)c2)C1. The van der Waals surface area contributed by atoms with E-state index in [2.05, 4.69) is 4.98 Å². The molecule has 7 heteroatoms. The second kappa shape index (κ2) is 6.57. The summed E-state index contributed by atoms with van der Waals surface area (Å²) in [5.74, 6) is 0.512. The molecule has 3 aromatic heterocycles. The van der Waals surface area contributed by atoms with E-state index in [1.807, 2.05) is 48.7 Å². The zero-order chi connectivity index (χ0) is 19.1. The summed E-state index contributed by atoms with van der Waals surface area (Å²) in [6, 6.07) is 9.02. The van der Waals surface area contributed by atoms with Gasteiger partial charge in [0.15, 0.2) is 0 Å². The van der Waals surface area contributed by atoms with E-state index in [9.17, 15) is 9.59 Å². The molecular formula is C20H22N4O3. The maximum absolute atomic E-state index is 13.0. The normalized spacial score (nSPS) is 16.9. The van der Waals surface area contributed by atoms with Gasteiger partial charge in [-0.05, 0) is 32.0 Å². The molecule has 7 nitrogen and oxygen atoms in total. The lowest BCUT2D eigenvalue weighted by Gasteiger charge is -2.18. The van der Waals surface area contributed by atoms with Crippen LogP contribution in [0, 0.1) is 13.8 Å². The third kappa shape index (κ3) is 3.09. The van der Waals surface area contributed by atoms with Gasteiger partial charge >= 0.3 is 0 Å². The highest BCUT2D eigenvalue weighted by Gasteiger charge is 2.31. The molecule has 1 aliphatic rings. The first-order chi connectivity index (χ1) is 12.9. The van der Waals surface area contributed by atoms with Crippen molar-refractivity contribution in [1.29, 1.82) is 0 Å². The van der Waals surface area contributed by atoms with Crippen LogP contribution in [0.2, 0.25) is 0 Å². The average molecular weight is 366 g/mol. The van der Waals surface area contributed by atoms with Gasteiger partial charge in [0, 0.05) is 38.0 Å². The average Bonchev–Trinajstić information content (AvgIpc) is 3.22. The minimum Gasteiger partial charge on any atom is -0.488 e. The van der Waals surface area contributed by atoms with E-state index >= 15 is 0 Å². The molecule has 1 aliphatic heterocycles. The molecule has 1 fully saturated rings. The number of amides is 1. The Balaban J connectivity index is 1.52. The molecular weight excluding hydrogens is 344 g/mol. The number of nitrogens with zero attached hydrogens (tertiary/aromatic N) is 4. The fourth-order valence-corrected chi connectivity index (χ4v) is 3.53. The highest BCUT2D eigenvalue weighted by Crippen LogP contribution is 2.21. The fourth-order valence-electron chi connectivity index (χ4n) is 3.53. The smallest absolute Gasteiger partial charge is 0.272 e. The molecule has 140 valence electrons. The summed E-state index contributed by atoms with van der Waals surface area (Å²) in [7, 11) is 1.73. The van der Waals surface area contributed by atoms with Crippen LogP contribution < -0.4 is 10.3 Å². The molecule has 4 rings (SSSR count). The van der Waals surface area contributed by atoms with Gasteiger partial charge in [0.25, 0.3) is 11.5 Å². The Bertz CT molecular complexity index is 1080. The fraction of sp³-hybridized carbons (Fsp3) is 0.350. The van der Waals surface area contributed by atoms with Crippen molar-refractivity contribution in [3.63, 3.8) is 0 Å². The van der Waals surface area contributed by atoms with Gasteiger partial charge in [-0.25, -0.2) is 4.98 Å². The molecule has 0 saturated carbocycles. The predicted molar refractivity (Wildman–Crippen MR) is 101 cm³/mol. The van der Waals surface area contributed by atoms with Crippen molar-refractivity contribution >= 4 is 11.6 Å². The standard InChI is InChI=1S/C20H22N4O3/c1-13-10-16(11-18(25)22(13)3)27-15-7-9-23(12-15)20(26)19-14(2)21-17-6-4-5-8-24(17)19/h4-6,8,10-11,15H,7,9,12H2,1-3H3. The predicted octanol–water partition coefficient (Wildman–Crippen LogP) is 1.94. The number of aromatic nitrogens is 3. The Kier molecular flexibility index (Phi) is 4.22. The van der Waals surface area contributed by atoms with Gasteiger partial charge < -0.3 is 14.2 Å². The maximum Gasteiger partial charge on any atom is 0.272 e. The largest absolute Gasteiger partial charge is 0.488 e. The van der Waals surface area contributed by atoms with Crippen LogP contribution in [-0.2, 0) is 7.05 Å². The van der Waals surface area contributed by atoms with Crippen LogP contribution in [-0.4, -0.2) is 44.0 Å². The lowest BCUT2D eigenvalue weighted by Crippen LogP contribution is -2.32. The summed E-state index contributed by atoms with van der Waals surface area (Å²) < 4.78 is 9.38. The van der Waals surface area contributed by atoms with E-state index in [0.29, 0.717) is 24.5 Å². The van der Waals surface area contributed by atoms with E-state index in [0.717, 1.165) is 23.5 Å². The zero-order valence-electron chi connectivity index (χ0n) is 15.7. The van der Waals surface area contributed by atoms with Gasteiger partial charge in [-0.2, -0.15) is 0 Å². The monoisotopic (exact) mass is 366 g/mol. The maximum atomic E-state index is 13.0. The molecule has 0 spiro atoms. The van der Waals surface area contributed by atoms with Crippen LogP contribution in [0.3, 0.4) is 0 Å². The van der Waals surface area contributed by atoms with Gasteiger partial charge in [0.1, 0.15) is 23.2 Å². The van der Waals surface area contributed by atoms with Crippen LogP contribution in [0.1, 0.15) is 28.3 Å². The number of fused-ring (bicyclic) bond motifs is 1. The number of likely N-dealkylation sites (tertiary alicyclic amines) is 1. The molecule has 1 unspecified atom stereocenters. The first-order valence-electron chi connectivity index (χ1n) is 9.01. The van der Waals surface area contributed by atoms with Gasteiger partial charge in [0.2, 0.25) is 0 Å². The van der Waals surface area contributed by atoms with Crippen LogP contribution in [0.15, 0.2) is 41.3 Å². The number of imidazole rings is 1. The van der Waals surface area contributed by atoms with Crippen molar-refractivity contribution < 1.29 is 9.53 Å². The van der Waals surface area contributed by atoms with E-state index in [1.165, 1.54) is 6.07 Å². The Morgan fingerprint density at radius 3 is 2.85 bits per heavy atom. The van der Waals surface area contributed by atoms with Gasteiger partial charge in [-0.3, -0.25) is 14.0 Å². The minimum atomic E-state index is -0.125. The van der Waals surface area contributed by atoms with Crippen LogP contribution >= 0.6 is 0 Å². The molecule has 27 heavy (non-hydrogen) atoms. The Morgan fingerprint density at radius 2 is 2.07 bits per heavy atom. The molecule has 3 aromatic rings. The number of pyridine rings is 2. The van der Waals surface area contributed by atoms with E-state index in [1.54, 1.807) is 16.5 Å². The van der Waals surface area contributed by atoms with Crippen LogP contribution in [0.5, 0.6) is 5.75 Å². The highest BCUT2D eigenvalue weighted by molar-refractivity contribution is 5.94. The Labute approximate surface area is 156 Å². The first-order valence-corrected chi connectivity index (χ1v) is 9.01. The Morgan fingerprint density at radius 1 is 1.26 bits per heavy atom. The van der Waals surface area contributed by atoms with Crippen molar-refractivity contribution in [1.82, 2.24) is 18.9 Å². The molecule has 1 saturated heterocycles. The number of rotatable bonds is 3. The topological polar surface area (TPSA) is 68.8 Å². The lowest BCUT2D eigenvalue weighted by atomic mass is 10.3. The zero-order valence-corrected chi connectivity index (χ0v) is 15.7. The first kappa shape index (κ1) is 17.3. The van der Waals surface area contributed by atoms with Gasteiger partial charge in [0.05, 0.1) is 12.2 Å². The van der Waals surface area contributed by atoms with E-state index < -0.39 is 0 Å². The summed E-state index contributed by atoms with van der Waals surface area (Å²) in [6.45, 7) is 4.83. The molecule has 0 aliphatic carbocycles. The highest BCUT2D eigenvalue weighted by atomic mass is 16.5. The number of hydrogen-bond acceptors (Lipinski definition) is 4. The molecule has 0 radical (unpaired) electrons. The third-order valence-electron chi connectivity index (χ3n) is 5.12. The summed E-state index contributed by atoms with van der Waals surface area (Å²) in [5, 5.41) is 0. The van der Waals surface area contributed by atoms with Gasteiger partial charge in [-0.1, -0.05) is 6.07 Å². The lowest BCUT2D eigenvalue weighted by molar-refractivity contribution is 0.0764. The molecule has 1 atom stereocenters. The second-order valence-electron chi connectivity index (χ2n) is 6.98. The summed E-state index contributed by atoms with van der Waals surface area (Å²) in [6.07, 6.45) is 2.46. The van der Waals surface area contributed by atoms with Crippen molar-refractivity contribution in [2.24, 2.45) is 7.05 Å². The van der Waals surface area contributed by atoms with Gasteiger partial charge in [-0.15, -0.1) is 0 Å². The summed E-state index contributed by atoms with van der Waals surface area (Å²) in [4.78, 5) is 31.2. The molecule has 0 aromatic carbocycles. The molecule has 0 bridgehead atoms. The number of ether oxygens (including phenoxy) is 1. The molecule has 0 N–H and O–H groups in total. The molecule has 1 amide bonds. The summed E-state index contributed by atoms with van der Waals surface area (Å²) in [5.41, 5.74) is 2.82. The summed E-state index contributed by atoms with van der Waals surface area (Å²) >= 11 is 0. The number of carbonyl (C=O) groups excluding carboxylic acids is 1. The van der Waals surface area contributed by atoms with E-state index in [4.69, 9.17) is 4.74 Å². The van der Waals surface area contributed by atoms with Crippen molar-refractivity contribution in [2.45, 2.75) is 26.4 Å². The number of aryl methyl sites for hydroxylation is 2. The minimum absolute atomic E-state index is 0.0440. The number of carbonyl (C=O) groups is 1. The Hall–Kier alpha value is -3.09. The molecule has 4 heterocycles. The van der Waals surface area contributed by atoms with Crippen molar-refractivity contribution in [3.8, 4) is 5.75 Å². The van der Waals surface area contributed by atoms with Crippen LogP contribution in [0.4, 0.5) is 0 Å². The van der Waals surface area contributed by atoms with Crippen molar-refractivity contribution in [2.75, 3.05) is 13.1 Å².